The van der Waals surface area contributed by atoms with Crippen molar-refractivity contribution in [3.63, 3.8) is 0 Å². The topological polar surface area (TPSA) is 54.5 Å². The van der Waals surface area contributed by atoms with Crippen LogP contribution in [-0.2, 0) is 26.6 Å². The van der Waals surface area contributed by atoms with Crippen LogP contribution in [0.1, 0.15) is 43.9 Å². The van der Waals surface area contributed by atoms with Crippen LogP contribution in [0.25, 0.3) is 6.08 Å². The number of halogens is 1. The Kier molecular flexibility index (Phi) is 6.73. The third-order valence-corrected chi connectivity index (χ3v) is 7.35. The highest BCUT2D eigenvalue weighted by Gasteiger charge is 2.34. The molecular formula is C24H28ClNO3S. The lowest BCUT2D eigenvalue weighted by atomic mass is 9.87. The molecule has 2 aromatic carbocycles. The molecule has 2 aromatic rings. The van der Waals surface area contributed by atoms with Crippen molar-refractivity contribution in [1.29, 1.82) is 0 Å². The van der Waals surface area contributed by atoms with Crippen LogP contribution in [0.15, 0.2) is 54.6 Å². The summed E-state index contributed by atoms with van der Waals surface area (Å²) in [6.45, 7) is 6.80. The first kappa shape index (κ1) is 22.6. The van der Waals surface area contributed by atoms with Crippen LogP contribution in [0.5, 0.6) is 0 Å². The predicted molar refractivity (Wildman–Crippen MR) is 123 cm³/mol. The molecule has 160 valence electrons. The van der Waals surface area contributed by atoms with E-state index in [4.69, 9.17) is 11.6 Å². The normalized spacial score (nSPS) is 18.6. The minimum Gasteiger partial charge on any atom is -0.331 e. The second-order valence-corrected chi connectivity index (χ2v) is 11.5. The first-order chi connectivity index (χ1) is 14.0. The van der Waals surface area contributed by atoms with Gasteiger partial charge in [-0.15, -0.1) is 0 Å². The molecule has 1 amide bonds. The van der Waals surface area contributed by atoms with Gasteiger partial charge in [-0.1, -0.05) is 68.8 Å². The maximum atomic E-state index is 13.0. The highest BCUT2D eigenvalue weighted by Crippen LogP contribution is 2.24. The number of nitrogens with zero attached hydrogens (tertiary/aromatic N) is 1. The molecule has 1 heterocycles. The number of rotatable bonds is 5. The Morgan fingerprint density at radius 1 is 1.17 bits per heavy atom. The first-order valence-electron chi connectivity index (χ1n) is 10.1. The van der Waals surface area contributed by atoms with E-state index in [0.29, 0.717) is 18.0 Å². The number of amides is 1. The Morgan fingerprint density at radius 3 is 2.43 bits per heavy atom. The van der Waals surface area contributed by atoms with Crippen molar-refractivity contribution in [2.24, 2.45) is 0 Å². The lowest BCUT2D eigenvalue weighted by Gasteiger charge is -2.27. The molecule has 1 aliphatic heterocycles. The molecule has 6 heteroatoms. The van der Waals surface area contributed by atoms with E-state index in [-0.39, 0.29) is 28.9 Å². The standard InChI is InChI=1S/C24H28ClNO3S/c1-24(2,3)20-10-7-18(8-11-20)9-12-23(27)26(22-13-14-30(28,29)17-22)16-19-5-4-6-21(25)15-19/h4-12,15,22H,13-14,16-17H2,1-3H3/b12-9+/t22-/m0/s1. The average Bonchev–Trinajstić information content (AvgIpc) is 3.03. The van der Waals surface area contributed by atoms with E-state index in [9.17, 15) is 13.2 Å². The number of sulfone groups is 1. The van der Waals surface area contributed by atoms with E-state index in [0.717, 1.165) is 11.1 Å². The highest BCUT2D eigenvalue weighted by molar-refractivity contribution is 7.91. The van der Waals surface area contributed by atoms with E-state index in [1.165, 1.54) is 11.6 Å². The SMILES string of the molecule is CC(C)(C)c1ccc(/C=C/C(=O)N(Cc2cccc(Cl)c2)[C@H]2CCS(=O)(=O)C2)cc1. The average molecular weight is 446 g/mol. The highest BCUT2D eigenvalue weighted by atomic mass is 35.5. The maximum absolute atomic E-state index is 13.0. The molecule has 0 aliphatic carbocycles. The molecular weight excluding hydrogens is 418 g/mol. The molecule has 0 bridgehead atoms. The summed E-state index contributed by atoms with van der Waals surface area (Å²) < 4.78 is 24.0. The van der Waals surface area contributed by atoms with E-state index >= 15 is 0 Å². The third kappa shape index (κ3) is 5.96. The summed E-state index contributed by atoms with van der Waals surface area (Å²) in [7, 11) is -3.10. The molecule has 4 nitrogen and oxygen atoms in total. The zero-order valence-corrected chi connectivity index (χ0v) is 19.2. The van der Waals surface area contributed by atoms with Crippen LogP contribution < -0.4 is 0 Å². The summed E-state index contributed by atoms with van der Waals surface area (Å²) in [6.07, 6.45) is 3.77. The largest absolute Gasteiger partial charge is 0.331 e. The molecule has 1 fully saturated rings. The second-order valence-electron chi connectivity index (χ2n) is 8.86. The lowest BCUT2D eigenvalue weighted by Crippen LogP contribution is -2.39. The van der Waals surface area contributed by atoms with Crippen molar-refractivity contribution in [2.75, 3.05) is 11.5 Å². The van der Waals surface area contributed by atoms with Gasteiger partial charge in [-0.3, -0.25) is 4.79 Å². The summed E-state index contributed by atoms with van der Waals surface area (Å²) in [5.41, 5.74) is 3.10. The molecule has 30 heavy (non-hydrogen) atoms. The smallest absolute Gasteiger partial charge is 0.247 e. The van der Waals surface area contributed by atoms with Gasteiger partial charge in [0.05, 0.1) is 11.5 Å². The zero-order valence-electron chi connectivity index (χ0n) is 17.6. The summed E-state index contributed by atoms with van der Waals surface area (Å²) in [5, 5.41) is 0.591. The second kappa shape index (κ2) is 8.94. The summed E-state index contributed by atoms with van der Waals surface area (Å²) in [6, 6.07) is 15.1. The van der Waals surface area contributed by atoms with Crippen molar-refractivity contribution >= 4 is 33.4 Å². The van der Waals surface area contributed by atoms with Gasteiger partial charge in [0.25, 0.3) is 0 Å². The van der Waals surface area contributed by atoms with E-state index in [2.05, 4.69) is 32.9 Å². The Morgan fingerprint density at radius 2 is 1.87 bits per heavy atom. The van der Waals surface area contributed by atoms with Crippen molar-refractivity contribution in [3.8, 4) is 0 Å². The van der Waals surface area contributed by atoms with Crippen LogP contribution in [0.2, 0.25) is 5.02 Å². The number of hydrogen-bond donors (Lipinski definition) is 0. The van der Waals surface area contributed by atoms with Gasteiger partial charge in [0.2, 0.25) is 5.91 Å². The van der Waals surface area contributed by atoms with E-state index in [1.54, 1.807) is 23.1 Å². The molecule has 0 unspecified atom stereocenters. The third-order valence-electron chi connectivity index (χ3n) is 5.37. The molecule has 0 saturated carbocycles. The molecule has 0 spiro atoms. The van der Waals surface area contributed by atoms with Gasteiger partial charge in [-0.25, -0.2) is 8.42 Å². The van der Waals surface area contributed by atoms with Crippen LogP contribution in [-0.4, -0.2) is 36.8 Å². The minimum absolute atomic E-state index is 0.00737. The van der Waals surface area contributed by atoms with Crippen LogP contribution in [0, 0.1) is 0 Å². The molecule has 0 aromatic heterocycles. The number of carbonyl (C=O) groups is 1. The molecule has 0 N–H and O–H groups in total. The molecule has 3 rings (SSSR count). The van der Waals surface area contributed by atoms with Gasteiger partial charge in [0, 0.05) is 23.7 Å². The summed E-state index contributed by atoms with van der Waals surface area (Å²) in [5.74, 6) is -0.0699. The summed E-state index contributed by atoms with van der Waals surface area (Å²) in [4.78, 5) is 14.7. The van der Waals surface area contributed by atoms with Crippen LogP contribution in [0.3, 0.4) is 0 Å². The van der Waals surface area contributed by atoms with Crippen molar-refractivity contribution in [1.82, 2.24) is 4.90 Å². The molecule has 0 radical (unpaired) electrons. The first-order valence-corrected chi connectivity index (χ1v) is 12.3. The van der Waals surface area contributed by atoms with Gasteiger partial charge in [0.15, 0.2) is 9.84 Å². The zero-order chi connectivity index (χ0) is 21.9. The van der Waals surface area contributed by atoms with Crippen molar-refractivity contribution in [2.45, 2.75) is 45.2 Å². The Balaban J connectivity index is 1.80. The summed E-state index contributed by atoms with van der Waals surface area (Å²) >= 11 is 6.09. The number of carbonyl (C=O) groups excluding carboxylic acids is 1. The van der Waals surface area contributed by atoms with Gasteiger partial charge >= 0.3 is 0 Å². The fourth-order valence-electron chi connectivity index (χ4n) is 3.60. The van der Waals surface area contributed by atoms with Crippen molar-refractivity contribution < 1.29 is 13.2 Å². The van der Waals surface area contributed by atoms with Crippen LogP contribution in [0.4, 0.5) is 0 Å². The number of hydrogen-bond acceptors (Lipinski definition) is 3. The lowest BCUT2D eigenvalue weighted by molar-refractivity contribution is -0.128. The monoisotopic (exact) mass is 445 g/mol. The molecule has 1 aliphatic rings. The minimum atomic E-state index is -3.10. The fourth-order valence-corrected chi connectivity index (χ4v) is 5.54. The van der Waals surface area contributed by atoms with Gasteiger partial charge in [-0.2, -0.15) is 0 Å². The molecule has 1 saturated heterocycles. The van der Waals surface area contributed by atoms with Crippen LogP contribution >= 0.6 is 11.6 Å². The Bertz CT molecular complexity index is 1040. The number of benzene rings is 2. The van der Waals surface area contributed by atoms with E-state index in [1.807, 2.05) is 24.3 Å². The fraction of sp³-hybridized carbons (Fsp3) is 0.375. The van der Waals surface area contributed by atoms with Crippen molar-refractivity contribution in [3.05, 3.63) is 76.3 Å². The Hall–Kier alpha value is -2.11. The Labute approximate surface area is 184 Å². The van der Waals surface area contributed by atoms with E-state index < -0.39 is 9.84 Å². The van der Waals surface area contributed by atoms with Gasteiger partial charge in [-0.05, 0) is 46.7 Å². The maximum Gasteiger partial charge on any atom is 0.247 e. The predicted octanol–water partition coefficient (Wildman–Crippen LogP) is 4.87. The quantitative estimate of drug-likeness (QED) is 0.617. The van der Waals surface area contributed by atoms with Gasteiger partial charge in [0.1, 0.15) is 0 Å². The van der Waals surface area contributed by atoms with Gasteiger partial charge < -0.3 is 4.90 Å². The molecule has 1 atom stereocenters.